The van der Waals surface area contributed by atoms with E-state index in [0.29, 0.717) is 11.3 Å². The van der Waals surface area contributed by atoms with Gasteiger partial charge in [0.05, 0.1) is 17.1 Å². The molecule has 0 aromatic heterocycles. The average Bonchev–Trinajstić information content (AvgIpc) is 2.51. The first-order valence-electron chi connectivity index (χ1n) is 4.08. The Kier molecular flexibility index (Phi) is 1.99. The highest BCUT2D eigenvalue weighted by Gasteiger charge is 2.33. The zero-order valence-electron chi connectivity index (χ0n) is 7.77. The number of fused-ring (bicyclic) bond motifs is 1. The second-order valence-corrected chi connectivity index (χ2v) is 3.89. The van der Waals surface area contributed by atoms with Crippen LogP contribution in [0.4, 0.5) is 0 Å². The Morgan fingerprint density at radius 1 is 1.57 bits per heavy atom. The molecule has 0 aromatic rings. The molecule has 0 spiro atoms. The second-order valence-electron chi connectivity index (χ2n) is 3.11. The van der Waals surface area contributed by atoms with Crippen molar-refractivity contribution >= 4 is 12.1 Å². The molecule has 0 amide bonds. The van der Waals surface area contributed by atoms with E-state index < -0.39 is 0 Å². The molecule has 74 valence electrons. The van der Waals surface area contributed by atoms with Crippen LogP contribution in [0.5, 0.6) is 0 Å². The highest BCUT2D eigenvalue weighted by atomic mass is 32.2. The van der Waals surface area contributed by atoms with Crippen molar-refractivity contribution in [2.45, 2.75) is 13.8 Å². The first-order chi connectivity index (χ1) is 6.61. The summed E-state index contributed by atoms with van der Waals surface area (Å²) >= 11 is 1.34. The van der Waals surface area contributed by atoms with E-state index in [-0.39, 0.29) is 10.6 Å². The van der Waals surface area contributed by atoms with E-state index in [4.69, 9.17) is 0 Å². The maximum atomic E-state index is 10.8. The van der Waals surface area contributed by atoms with Crippen LogP contribution in [-0.4, -0.2) is 9.23 Å². The van der Waals surface area contributed by atoms with Gasteiger partial charge < -0.3 is 4.72 Å². The largest absolute Gasteiger partial charge is 0.316 e. The summed E-state index contributed by atoms with van der Waals surface area (Å²) in [7, 11) is 0. The van der Waals surface area contributed by atoms with Crippen molar-refractivity contribution in [1.82, 2.24) is 9.03 Å². The number of nitrogens with zero attached hydrogens (tertiary/aromatic N) is 2. The molecule has 6 heteroatoms. The van der Waals surface area contributed by atoms with Gasteiger partial charge in [0.25, 0.3) is 5.70 Å². The average molecular weight is 211 g/mol. The monoisotopic (exact) mass is 211 g/mol. The Bertz CT molecular complexity index is 397. The lowest BCUT2D eigenvalue weighted by Crippen LogP contribution is -2.20. The Balaban J connectivity index is 2.54. The van der Waals surface area contributed by atoms with Crippen LogP contribution < -0.4 is 4.72 Å². The quantitative estimate of drug-likeness (QED) is 0.407. The molecule has 0 saturated carbocycles. The van der Waals surface area contributed by atoms with Crippen LogP contribution in [0.25, 0.3) is 0 Å². The van der Waals surface area contributed by atoms with Crippen molar-refractivity contribution in [2.75, 3.05) is 0 Å². The Morgan fingerprint density at radius 3 is 2.93 bits per heavy atom. The van der Waals surface area contributed by atoms with Gasteiger partial charge in [0.1, 0.15) is 5.70 Å². The third kappa shape index (κ3) is 1.19. The first kappa shape index (κ1) is 9.14. The molecule has 0 unspecified atom stereocenters. The number of nitrogens with one attached hydrogen (secondary N) is 1. The standard InChI is InChI=1S/C8H9N3O2S/c1-5-3-6(2)10-7(4-9-14-10)8(5)11(12)13/h3-4,9H,1-2H3. The summed E-state index contributed by atoms with van der Waals surface area (Å²) in [5.41, 5.74) is 2.49. The molecule has 5 nitrogen and oxygen atoms in total. The highest BCUT2D eigenvalue weighted by Crippen LogP contribution is 2.36. The van der Waals surface area contributed by atoms with Crippen LogP contribution in [-0.2, 0) is 0 Å². The number of rotatable bonds is 1. The fourth-order valence-electron chi connectivity index (χ4n) is 1.55. The van der Waals surface area contributed by atoms with E-state index in [1.165, 1.54) is 12.1 Å². The van der Waals surface area contributed by atoms with Crippen molar-refractivity contribution in [3.63, 3.8) is 0 Å². The lowest BCUT2D eigenvalue weighted by Gasteiger charge is -2.22. The minimum atomic E-state index is -0.343. The van der Waals surface area contributed by atoms with Crippen molar-refractivity contribution in [1.29, 1.82) is 0 Å². The number of allylic oxidation sites excluding steroid dienone is 3. The van der Waals surface area contributed by atoms with E-state index >= 15 is 0 Å². The molecule has 2 rings (SSSR count). The van der Waals surface area contributed by atoms with Crippen molar-refractivity contribution in [2.24, 2.45) is 0 Å². The number of hydrogen-bond donors (Lipinski definition) is 1. The molecular weight excluding hydrogens is 202 g/mol. The van der Waals surface area contributed by atoms with Gasteiger partial charge in [-0.1, -0.05) is 0 Å². The van der Waals surface area contributed by atoms with Crippen LogP contribution in [0.3, 0.4) is 0 Å². The molecule has 0 aromatic carbocycles. The Morgan fingerprint density at radius 2 is 2.29 bits per heavy atom. The maximum absolute atomic E-state index is 10.8. The molecule has 0 fully saturated rings. The fourth-order valence-corrected chi connectivity index (χ4v) is 2.25. The molecule has 2 aliphatic rings. The number of nitro groups is 1. The van der Waals surface area contributed by atoms with Crippen LogP contribution in [0.2, 0.25) is 0 Å². The molecule has 0 bridgehead atoms. The molecule has 0 aliphatic carbocycles. The van der Waals surface area contributed by atoms with Crippen molar-refractivity contribution in [3.8, 4) is 0 Å². The molecule has 1 N–H and O–H groups in total. The second kappa shape index (κ2) is 3.06. The van der Waals surface area contributed by atoms with Crippen molar-refractivity contribution in [3.05, 3.63) is 45.1 Å². The van der Waals surface area contributed by atoms with Crippen LogP contribution in [0.15, 0.2) is 34.9 Å². The van der Waals surface area contributed by atoms with Gasteiger partial charge in [0.2, 0.25) is 0 Å². The Labute approximate surface area is 85.6 Å². The van der Waals surface area contributed by atoms with E-state index in [1.807, 2.05) is 17.3 Å². The maximum Gasteiger partial charge on any atom is 0.298 e. The smallest absolute Gasteiger partial charge is 0.298 e. The molecular formula is C8H9N3O2S. The van der Waals surface area contributed by atoms with E-state index in [9.17, 15) is 10.1 Å². The molecule has 14 heavy (non-hydrogen) atoms. The van der Waals surface area contributed by atoms with Crippen molar-refractivity contribution < 1.29 is 4.92 Å². The van der Waals surface area contributed by atoms with Crippen LogP contribution in [0, 0.1) is 10.1 Å². The van der Waals surface area contributed by atoms with Crippen LogP contribution >= 0.6 is 12.1 Å². The van der Waals surface area contributed by atoms with Gasteiger partial charge in [0.15, 0.2) is 0 Å². The van der Waals surface area contributed by atoms with Gasteiger partial charge in [0, 0.05) is 17.5 Å². The summed E-state index contributed by atoms with van der Waals surface area (Å²) in [6.07, 6.45) is 3.47. The van der Waals surface area contributed by atoms with Gasteiger partial charge >= 0.3 is 0 Å². The van der Waals surface area contributed by atoms with E-state index in [0.717, 1.165) is 5.70 Å². The summed E-state index contributed by atoms with van der Waals surface area (Å²) in [5.74, 6) is 0. The van der Waals surface area contributed by atoms with Gasteiger partial charge in [-0.3, -0.25) is 14.4 Å². The summed E-state index contributed by atoms with van der Waals surface area (Å²) in [5, 5.41) is 10.8. The first-order valence-corrected chi connectivity index (χ1v) is 4.85. The topological polar surface area (TPSA) is 58.4 Å². The zero-order valence-corrected chi connectivity index (χ0v) is 8.59. The van der Waals surface area contributed by atoms with Gasteiger partial charge in [-0.05, 0) is 19.9 Å². The lowest BCUT2D eigenvalue weighted by molar-refractivity contribution is -0.423. The minimum Gasteiger partial charge on any atom is -0.316 e. The van der Waals surface area contributed by atoms with E-state index in [1.54, 1.807) is 13.1 Å². The predicted octanol–water partition coefficient (Wildman–Crippen LogP) is 1.76. The molecule has 2 heterocycles. The molecule has 0 atom stereocenters. The molecule has 0 radical (unpaired) electrons. The molecule has 2 aliphatic heterocycles. The molecule has 0 saturated heterocycles. The third-order valence-corrected chi connectivity index (χ3v) is 2.99. The summed E-state index contributed by atoms with van der Waals surface area (Å²) < 4.78 is 4.71. The Hall–Kier alpha value is -1.43. The SMILES string of the molecule is CC1=CC(C)=C([N+](=O)[O-])C2=CNSN12. The highest BCUT2D eigenvalue weighted by molar-refractivity contribution is 7.95. The fraction of sp³-hybridized carbons (Fsp3) is 0.250. The van der Waals surface area contributed by atoms with E-state index in [2.05, 4.69) is 4.72 Å². The minimum absolute atomic E-state index is 0.174. The predicted molar refractivity (Wildman–Crippen MR) is 54.1 cm³/mol. The summed E-state index contributed by atoms with van der Waals surface area (Å²) in [4.78, 5) is 10.5. The summed E-state index contributed by atoms with van der Waals surface area (Å²) in [6.45, 7) is 3.68. The lowest BCUT2D eigenvalue weighted by atomic mass is 10.1. The van der Waals surface area contributed by atoms with Crippen LogP contribution in [0.1, 0.15) is 13.8 Å². The van der Waals surface area contributed by atoms with Gasteiger partial charge in [-0.25, -0.2) is 0 Å². The zero-order chi connectivity index (χ0) is 10.3. The van der Waals surface area contributed by atoms with Gasteiger partial charge in [-0.15, -0.1) is 0 Å². The summed E-state index contributed by atoms with van der Waals surface area (Å²) in [6, 6.07) is 0. The van der Waals surface area contributed by atoms with Gasteiger partial charge in [-0.2, -0.15) is 0 Å². The number of hydrogen-bond acceptors (Lipinski definition) is 5. The normalized spacial score (nSPS) is 20.0. The third-order valence-electron chi connectivity index (χ3n) is 2.10.